The summed E-state index contributed by atoms with van der Waals surface area (Å²) in [6.07, 6.45) is 2.23. The van der Waals surface area contributed by atoms with Gasteiger partial charge in [-0.1, -0.05) is 44.2 Å². The van der Waals surface area contributed by atoms with E-state index in [1.165, 1.54) is 5.56 Å². The first kappa shape index (κ1) is 16.0. The lowest BCUT2D eigenvalue weighted by atomic mass is 10.1. The maximum atomic E-state index is 11.7. The number of carbonyl (C=O) groups is 1. The van der Waals surface area contributed by atoms with Crippen molar-refractivity contribution in [3.8, 4) is 0 Å². The molecule has 1 aromatic carbocycles. The molecule has 0 saturated heterocycles. The van der Waals surface area contributed by atoms with Crippen LogP contribution in [0, 0.1) is 5.92 Å². The first-order valence-electron chi connectivity index (χ1n) is 7.55. The number of rotatable bonds is 6. The zero-order chi connectivity index (χ0) is 15.9. The minimum Gasteiger partial charge on any atom is -0.355 e. The van der Waals surface area contributed by atoms with Crippen molar-refractivity contribution in [3.63, 3.8) is 0 Å². The lowest BCUT2D eigenvalue weighted by molar-refractivity contribution is -0.116. The van der Waals surface area contributed by atoms with E-state index in [2.05, 4.69) is 27.3 Å². The highest BCUT2D eigenvalue weighted by molar-refractivity contribution is 5.90. The number of anilines is 2. The normalized spacial score (nSPS) is 10.5. The summed E-state index contributed by atoms with van der Waals surface area (Å²) in [6, 6.07) is 14.1. The van der Waals surface area contributed by atoms with Gasteiger partial charge in [-0.15, -0.1) is 0 Å². The van der Waals surface area contributed by atoms with Crippen LogP contribution in [0.4, 0.5) is 11.5 Å². The lowest BCUT2D eigenvalue weighted by Crippen LogP contribution is -2.18. The summed E-state index contributed by atoms with van der Waals surface area (Å²) in [5, 5.41) is 2.87. The lowest BCUT2D eigenvalue weighted by Gasteiger charge is -2.18. The van der Waals surface area contributed by atoms with E-state index in [0.29, 0.717) is 12.3 Å². The van der Waals surface area contributed by atoms with E-state index in [-0.39, 0.29) is 5.91 Å². The second-order valence-corrected chi connectivity index (χ2v) is 5.89. The van der Waals surface area contributed by atoms with E-state index >= 15 is 0 Å². The Hall–Kier alpha value is -2.36. The maximum Gasteiger partial charge on any atom is 0.224 e. The maximum absolute atomic E-state index is 11.7. The van der Waals surface area contributed by atoms with Gasteiger partial charge in [0.05, 0.1) is 11.9 Å². The van der Waals surface area contributed by atoms with Crippen molar-refractivity contribution in [2.45, 2.75) is 26.8 Å². The molecule has 0 saturated carbocycles. The Balaban J connectivity index is 1.95. The van der Waals surface area contributed by atoms with Crippen LogP contribution in [-0.2, 0) is 11.3 Å². The summed E-state index contributed by atoms with van der Waals surface area (Å²) in [5.41, 5.74) is 1.98. The number of amides is 1. The molecule has 0 aliphatic carbocycles. The van der Waals surface area contributed by atoms with Crippen LogP contribution in [0.1, 0.15) is 25.8 Å². The van der Waals surface area contributed by atoms with Gasteiger partial charge < -0.3 is 10.2 Å². The van der Waals surface area contributed by atoms with Gasteiger partial charge in [0.1, 0.15) is 5.82 Å². The summed E-state index contributed by atoms with van der Waals surface area (Å²) in [7, 11) is 2.01. The second-order valence-electron chi connectivity index (χ2n) is 5.89. The van der Waals surface area contributed by atoms with Crippen molar-refractivity contribution in [3.05, 3.63) is 54.2 Å². The number of carbonyl (C=O) groups excluding carboxylic acids is 1. The highest BCUT2D eigenvalue weighted by Gasteiger charge is 2.07. The molecule has 22 heavy (non-hydrogen) atoms. The van der Waals surface area contributed by atoms with E-state index in [0.717, 1.165) is 18.1 Å². The number of aromatic nitrogens is 1. The predicted molar refractivity (Wildman–Crippen MR) is 90.9 cm³/mol. The monoisotopic (exact) mass is 297 g/mol. The number of hydrogen-bond donors (Lipinski definition) is 1. The van der Waals surface area contributed by atoms with E-state index in [9.17, 15) is 4.79 Å². The van der Waals surface area contributed by atoms with Crippen molar-refractivity contribution in [1.82, 2.24) is 4.98 Å². The van der Waals surface area contributed by atoms with Crippen molar-refractivity contribution in [2.24, 2.45) is 5.92 Å². The Morgan fingerprint density at radius 3 is 2.50 bits per heavy atom. The number of pyridine rings is 1. The van der Waals surface area contributed by atoms with Gasteiger partial charge in [0, 0.05) is 20.0 Å². The molecule has 0 aliphatic rings. The molecule has 0 bridgehead atoms. The van der Waals surface area contributed by atoms with Crippen LogP contribution < -0.4 is 10.2 Å². The Labute approximate surface area is 132 Å². The highest BCUT2D eigenvalue weighted by atomic mass is 16.1. The van der Waals surface area contributed by atoms with Crippen LogP contribution >= 0.6 is 0 Å². The molecule has 1 N–H and O–H groups in total. The highest BCUT2D eigenvalue weighted by Crippen LogP contribution is 2.16. The molecule has 0 aliphatic heterocycles. The summed E-state index contributed by atoms with van der Waals surface area (Å²) < 4.78 is 0. The smallest absolute Gasteiger partial charge is 0.224 e. The molecule has 0 fully saturated rings. The number of nitrogens with one attached hydrogen (secondary N) is 1. The van der Waals surface area contributed by atoms with Gasteiger partial charge in [-0.05, 0) is 23.6 Å². The zero-order valence-electron chi connectivity index (χ0n) is 13.4. The largest absolute Gasteiger partial charge is 0.355 e. The molecular formula is C18H23N3O. The average Bonchev–Trinajstić information content (AvgIpc) is 2.48. The summed E-state index contributed by atoms with van der Waals surface area (Å²) in [4.78, 5) is 18.2. The van der Waals surface area contributed by atoms with Crippen molar-refractivity contribution >= 4 is 17.4 Å². The third-order valence-electron chi connectivity index (χ3n) is 3.28. The third kappa shape index (κ3) is 4.88. The van der Waals surface area contributed by atoms with Gasteiger partial charge in [0.25, 0.3) is 0 Å². The number of nitrogens with zero attached hydrogens (tertiary/aromatic N) is 2. The Bertz CT molecular complexity index is 593. The number of benzene rings is 1. The van der Waals surface area contributed by atoms with Gasteiger partial charge in [-0.2, -0.15) is 0 Å². The Morgan fingerprint density at radius 2 is 1.91 bits per heavy atom. The Morgan fingerprint density at radius 1 is 1.18 bits per heavy atom. The van der Waals surface area contributed by atoms with Crippen molar-refractivity contribution in [1.29, 1.82) is 0 Å². The Kier molecular flexibility index (Phi) is 5.53. The summed E-state index contributed by atoms with van der Waals surface area (Å²) >= 11 is 0. The zero-order valence-corrected chi connectivity index (χ0v) is 13.4. The van der Waals surface area contributed by atoms with E-state index in [1.807, 2.05) is 51.2 Å². The van der Waals surface area contributed by atoms with Crippen LogP contribution in [0.3, 0.4) is 0 Å². The predicted octanol–water partition coefficient (Wildman–Crippen LogP) is 3.70. The van der Waals surface area contributed by atoms with Gasteiger partial charge in [-0.3, -0.25) is 4.79 Å². The van der Waals surface area contributed by atoms with Gasteiger partial charge in [0.15, 0.2) is 0 Å². The minimum absolute atomic E-state index is 0.0298. The van der Waals surface area contributed by atoms with Crippen molar-refractivity contribution in [2.75, 3.05) is 17.3 Å². The molecule has 0 radical (unpaired) electrons. The number of hydrogen-bond acceptors (Lipinski definition) is 3. The molecule has 4 nitrogen and oxygen atoms in total. The first-order valence-corrected chi connectivity index (χ1v) is 7.55. The van der Waals surface area contributed by atoms with Crippen LogP contribution in [-0.4, -0.2) is 17.9 Å². The van der Waals surface area contributed by atoms with E-state index in [4.69, 9.17) is 0 Å². The topological polar surface area (TPSA) is 45.2 Å². The molecule has 2 aromatic rings. The standard InChI is InChI=1S/C18H23N3O/c1-14(2)11-18(22)20-16-9-10-17(19-12-16)21(3)13-15-7-5-4-6-8-15/h4-10,12,14H,11,13H2,1-3H3,(H,20,22). The van der Waals surface area contributed by atoms with Gasteiger partial charge in [0.2, 0.25) is 5.91 Å². The van der Waals surface area contributed by atoms with Crippen molar-refractivity contribution < 1.29 is 4.79 Å². The minimum atomic E-state index is 0.0298. The molecule has 1 heterocycles. The van der Waals surface area contributed by atoms with Crippen LogP contribution in [0.15, 0.2) is 48.7 Å². The van der Waals surface area contributed by atoms with Crippen LogP contribution in [0.5, 0.6) is 0 Å². The van der Waals surface area contributed by atoms with Crippen LogP contribution in [0.25, 0.3) is 0 Å². The average molecular weight is 297 g/mol. The second kappa shape index (κ2) is 7.59. The van der Waals surface area contributed by atoms with Gasteiger partial charge >= 0.3 is 0 Å². The first-order chi connectivity index (χ1) is 10.5. The fourth-order valence-electron chi connectivity index (χ4n) is 2.21. The summed E-state index contributed by atoms with van der Waals surface area (Å²) in [5.74, 6) is 1.26. The molecule has 0 spiro atoms. The fourth-order valence-corrected chi connectivity index (χ4v) is 2.21. The summed E-state index contributed by atoms with van der Waals surface area (Å²) in [6.45, 7) is 4.85. The molecule has 116 valence electrons. The molecule has 4 heteroatoms. The molecule has 2 rings (SSSR count). The van der Waals surface area contributed by atoms with E-state index < -0.39 is 0 Å². The quantitative estimate of drug-likeness (QED) is 0.884. The third-order valence-corrected chi connectivity index (χ3v) is 3.28. The fraction of sp³-hybridized carbons (Fsp3) is 0.333. The molecule has 0 atom stereocenters. The van der Waals surface area contributed by atoms with E-state index in [1.54, 1.807) is 6.20 Å². The molecule has 1 aromatic heterocycles. The molecule has 1 amide bonds. The molecule has 0 unspecified atom stereocenters. The van der Waals surface area contributed by atoms with Gasteiger partial charge in [-0.25, -0.2) is 4.98 Å². The molecular weight excluding hydrogens is 274 g/mol. The van der Waals surface area contributed by atoms with Crippen LogP contribution in [0.2, 0.25) is 0 Å². The SMILES string of the molecule is CC(C)CC(=O)Nc1ccc(N(C)Cc2ccccc2)nc1.